The maximum atomic E-state index is 11.7. The normalized spacial score (nSPS) is 28.5. The highest BCUT2D eigenvalue weighted by atomic mass is 32.2. The molecule has 2 fully saturated rings. The number of thioether (sulfide) groups is 1. The van der Waals surface area contributed by atoms with E-state index in [1.165, 1.54) is 0 Å². The zero-order valence-corrected chi connectivity index (χ0v) is 13.1. The molecular weight excluding hydrogens is 300 g/mol. The zero-order chi connectivity index (χ0) is 15.5. The van der Waals surface area contributed by atoms with Crippen molar-refractivity contribution in [3.8, 4) is 5.75 Å². The van der Waals surface area contributed by atoms with Gasteiger partial charge in [0.15, 0.2) is 0 Å². The summed E-state index contributed by atoms with van der Waals surface area (Å²) in [5.41, 5.74) is 6.89. The average molecular weight is 320 g/mol. The number of amides is 2. The van der Waals surface area contributed by atoms with Crippen molar-refractivity contribution in [3.63, 3.8) is 0 Å². The third-order valence-electron chi connectivity index (χ3n) is 4.16. The SMILES string of the molecule is NC1CCC(Oc2ccccc2CC2SC(=O)NC2=O)CC1. The summed E-state index contributed by atoms with van der Waals surface area (Å²) in [7, 11) is 0. The molecular formula is C16H20N2O3S. The fraction of sp³-hybridized carbons (Fsp3) is 0.500. The summed E-state index contributed by atoms with van der Waals surface area (Å²) < 4.78 is 6.13. The van der Waals surface area contributed by atoms with Crippen molar-refractivity contribution < 1.29 is 14.3 Å². The quantitative estimate of drug-likeness (QED) is 0.889. The van der Waals surface area contributed by atoms with Crippen LogP contribution in [0.25, 0.3) is 0 Å². The van der Waals surface area contributed by atoms with Crippen LogP contribution in [0.4, 0.5) is 4.79 Å². The lowest BCUT2D eigenvalue weighted by Crippen LogP contribution is -2.32. The van der Waals surface area contributed by atoms with Gasteiger partial charge in [0.2, 0.25) is 5.91 Å². The van der Waals surface area contributed by atoms with Crippen molar-refractivity contribution in [2.45, 2.75) is 49.5 Å². The van der Waals surface area contributed by atoms with E-state index in [1.807, 2.05) is 24.3 Å². The lowest BCUT2D eigenvalue weighted by molar-refractivity contribution is -0.118. The molecule has 0 bridgehead atoms. The first kappa shape index (κ1) is 15.4. The monoisotopic (exact) mass is 320 g/mol. The molecule has 22 heavy (non-hydrogen) atoms. The summed E-state index contributed by atoms with van der Waals surface area (Å²) in [4.78, 5) is 23.0. The molecule has 6 heteroatoms. The molecule has 118 valence electrons. The minimum Gasteiger partial charge on any atom is -0.490 e. The second-order valence-corrected chi connectivity index (χ2v) is 7.03. The van der Waals surface area contributed by atoms with E-state index in [1.54, 1.807) is 0 Å². The molecule has 1 saturated carbocycles. The molecule has 1 unspecified atom stereocenters. The second kappa shape index (κ2) is 6.71. The summed E-state index contributed by atoms with van der Waals surface area (Å²) in [5.74, 6) is 0.601. The Hall–Kier alpha value is -1.53. The van der Waals surface area contributed by atoms with Gasteiger partial charge in [-0.05, 0) is 43.7 Å². The highest BCUT2D eigenvalue weighted by molar-refractivity contribution is 8.15. The Bertz CT molecular complexity index is 570. The Morgan fingerprint density at radius 1 is 1.18 bits per heavy atom. The summed E-state index contributed by atoms with van der Waals surface area (Å²) in [6.07, 6.45) is 4.60. The fourth-order valence-electron chi connectivity index (χ4n) is 2.90. The molecule has 0 spiro atoms. The molecule has 2 aliphatic rings. The van der Waals surface area contributed by atoms with E-state index in [0.717, 1.165) is 48.8 Å². The van der Waals surface area contributed by atoms with E-state index in [0.29, 0.717) is 12.5 Å². The predicted molar refractivity (Wildman–Crippen MR) is 85.9 cm³/mol. The Balaban J connectivity index is 1.67. The van der Waals surface area contributed by atoms with Gasteiger partial charge in [-0.25, -0.2) is 0 Å². The number of carbonyl (C=O) groups is 2. The van der Waals surface area contributed by atoms with Gasteiger partial charge in [-0.3, -0.25) is 14.9 Å². The number of imide groups is 1. The van der Waals surface area contributed by atoms with Crippen LogP contribution in [0.2, 0.25) is 0 Å². The highest BCUT2D eigenvalue weighted by Crippen LogP contribution is 2.30. The maximum Gasteiger partial charge on any atom is 0.286 e. The first-order valence-corrected chi connectivity index (χ1v) is 8.51. The number of ether oxygens (including phenoxy) is 1. The van der Waals surface area contributed by atoms with Gasteiger partial charge in [0.25, 0.3) is 5.24 Å². The lowest BCUT2D eigenvalue weighted by Gasteiger charge is -2.27. The van der Waals surface area contributed by atoms with Gasteiger partial charge in [-0.15, -0.1) is 0 Å². The molecule has 1 saturated heterocycles. The third-order valence-corrected chi connectivity index (χ3v) is 5.14. The molecule has 5 nitrogen and oxygen atoms in total. The molecule has 1 aliphatic carbocycles. The molecule has 0 radical (unpaired) electrons. The molecule has 3 N–H and O–H groups in total. The van der Waals surface area contributed by atoms with Crippen molar-refractivity contribution in [3.05, 3.63) is 29.8 Å². The topological polar surface area (TPSA) is 81.4 Å². The van der Waals surface area contributed by atoms with Crippen LogP contribution in [-0.2, 0) is 11.2 Å². The predicted octanol–water partition coefficient (Wildman–Crippen LogP) is 2.23. The summed E-state index contributed by atoms with van der Waals surface area (Å²) in [6.45, 7) is 0. The van der Waals surface area contributed by atoms with Gasteiger partial charge < -0.3 is 10.5 Å². The number of rotatable bonds is 4. The highest BCUT2D eigenvalue weighted by Gasteiger charge is 2.32. The largest absolute Gasteiger partial charge is 0.490 e. The van der Waals surface area contributed by atoms with Crippen LogP contribution in [0.1, 0.15) is 31.2 Å². The van der Waals surface area contributed by atoms with Crippen LogP contribution in [-0.4, -0.2) is 28.5 Å². The molecule has 0 aromatic heterocycles. The minimum absolute atomic E-state index is 0.188. The number of hydrogen-bond donors (Lipinski definition) is 2. The third kappa shape index (κ3) is 3.62. The molecule has 1 atom stereocenters. The average Bonchev–Trinajstić information content (AvgIpc) is 2.81. The van der Waals surface area contributed by atoms with E-state index in [2.05, 4.69) is 5.32 Å². The molecule has 1 aromatic carbocycles. The van der Waals surface area contributed by atoms with Gasteiger partial charge >= 0.3 is 0 Å². The van der Waals surface area contributed by atoms with Gasteiger partial charge in [-0.2, -0.15) is 0 Å². The summed E-state index contributed by atoms with van der Waals surface area (Å²) in [5, 5.41) is 1.69. The summed E-state index contributed by atoms with van der Waals surface area (Å²) in [6, 6.07) is 8.04. The number of hydrogen-bond acceptors (Lipinski definition) is 5. The van der Waals surface area contributed by atoms with E-state index in [4.69, 9.17) is 10.5 Å². The minimum atomic E-state index is -0.364. The first-order valence-electron chi connectivity index (χ1n) is 7.63. The van der Waals surface area contributed by atoms with Crippen LogP contribution in [0, 0.1) is 0 Å². The molecule has 1 aliphatic heterocycles. The number of nitrogens with two attached hydrogens (primary N) is 1. The van der Waals surface area contributed by atoms with Gasteiger partial charge in [0.05, 0.1) is 11.4 Å². The van der Waals surface area contributed by atoms with Gasteiger partial charge in [-0.1, -0.05) is 30.0 Å². The van der Waals surface area contributed by atoms with Crippen molar-refractivity contribution in [2.75, 3.05) is 0 Å². The lowest BCUT2D eigenvalue weighted by atomic mass is 9.93. The Morgan fingerprint density at radius 2 is 1.91 bits per heavy atom. The Kier molecular flexibility index (Phi) is 4.69. The van der Waals surface area contributed by atoms with E-state index in [-0.39, 0.29) is 22.5 Å². The number of carbonyl (C=O) groups excluding carboxylic acids is 2. The standard InChI is InChI=1S/C16H20N2O3S/c17-11-5-7-12(8-6-11)21-13-4-2-1-3-10(13)9-14-15(19)18-16(20)22-14/h1-4,11-12,14H,5-9,17H2,(H,18,19,20). The summed E-state index contributed by atoms with van der Waals surface area (Å²) >= 11 is 1.05. The molecule has 1 aromatic rings. The maximum absolute atomic E-state index is 11.7. The van der Waals surface area contributed by atoms with E-state index < -0.39 is 0 Å². The van der Waals surface area contributed by atoms with Gasteiger partial charge in [0, 0.05) is 6.04 Å². The first-order chi connectivity index (χ1) is 10.6. The van der Waals surface area contributed by atoms with Crippen molar-refractivity contribution >= 4 is 22.9 Å². The number of para-hydroxylation sites is 1. The Labute approximate surface area is 134 Å². The molecule has 3 rings (SSSR count). The number of nitrogens with one attached hydrogen (secondary N) is 1. The van der Waals surface area contributed by atoms with Crippen LogP contribution >= 0.6 is 11.8 Å². The van der Waals surface area contributed by atoms with Crippen LogP contribution in [0.5, 0.6) is 5.75 Å². The van der Waals surface area contributed by atoms with Crippen LogP contribution in [0.15, 0.2) is 24.3 Å². The molecule has 2 amide bonds. The van der Waals surface area contributed by atoms with Crippen molar-refractivity contribution in [1.82, 2.24) is 5.32 Å². The van der Waals surface area contributed by atoms with Crippen LogP contribution in [0.3, 0.4) is 0 Å². The van der Waals surface area contributed by atoms with E-state index >= 15 is 0 Å². The fourth-order valence-corrected chi connectivity index (χ4v) is 3.75. The van der Waals surface area contributed by atoms with Crippen LogP contribution < -0.4 is 15.8 Å². The second-order valence-electron chi connectivity index (χ2n) is 5.85. The zero-order valence-electron chi connectivity index (χ0n) is 12.3. The van der Waals surface area contributed by atoms with Crippen molar-refractivity contribution in [2.24, 2.45) is 5.73 Å². The van der Waals surface area contributed by atoms with E-state index in [9.17, 15) is 9.59 Å². The Morgan fingerprint density at radius 3 is 2.59 bits per heavy atom. The van der Waals surface area contributed by atoms with Gasteiger partial charge in [0.1, 0.15) is 5.75 Å². The number of benzene rings is 1. The smallest absolute Gasteiger partial charge is 0.286 e. The van der Waals surface area contributed by atoms with Crippen molar-refractivity contribution in [1.29, 1.82) is 0 Å². The molecule has 1 heterocycles.